The summed E-state index contributed by atoms with van der Waals surface area (Å²) in [5.41, 5.74) is 0.479. The summed E-state index contributed by atoms with van der Waals surface area (Å²) >= 11 is 15.0. The number of hydrogen-bond donors (Lipinski definition) is 1. The third-order valence-corrected chi connectivity index (χ3v) is 3.22. The Bertz CT molecular complexity index is 339. The maximum atomic E-state index is 9.51. The van der Waals surface area contributed by atoms with Crippen LogP contribution in [0.2, 0.25) is 10.0 Å². The lowest BCUT2D eigenvalue weighted by Gasteiger charge is -2.11. The molecule has 0 saturated carbocycles. The zero-order valence-corrected chi connectivity index (χ0v) is 9.70. The van der Waals surface area contributed by atoms with Crippen LogP contribution in [0.15, 0.2) is 29.3 Å². The van der Waals surface area contributed by atoms with Crippen LogP contribution in [0.3, 0.4) is 0 Å². The van der Waals surface area contributed by atoms with Gasteiger partial charge in [0.1, 0.15) is 0 Å². The Kier molecular flexibility index (Phi) is 3.80. The van der Waals surface area contributed by atoms with E-state index >= 15 is 0 Å². The van der Waals surface area contributed by atoms with Gasteiger partial charge in [-0.15, -0.1) is 6.58 Å². The Balaban J connectivity index is 3.32. The average Bonchev–Trinajstić information content (AvgIpc) is 2.12. The van der Waals surface area contributed by atoms with Crippen molar-refractivity contribution in [2.45, 2.75) is 6.10 Å². The van der Waals surface area contributed by atoms with Crippen molar-refractivity contribution >= 4 is 39.1 Å². The van der Waals surface area contributed by atoms with Crippen LogP contribution in [-0.4, -0.2) is 5.11 Å². The van der Waals surface area contributed by atoms with Gasteiger partial charge in [0.25, 0.3) is 0 Å². The van der Waals surface area contributed by atoms with Gasteiger partial charge >= 0.3 is 0 Å². The molecule has 1 atom stereocenters. The highest BCUT2D eigenvalue weighted by Crippen LogP contribution is 2.35. The van der Waals surface area contributed by atoms with Gasteiger partial charge in [0.05, 0.1) is 11.1 Å². The van der Waals surface area contributed by atoms with Gasteiger partial charge in [0.15, 0.2) is 0 Å². The first-order valence-electron chi connectivity index (χ1n) is 3.52. The molecule has 0 bridgehead atoms. The standard InChI is InChI=1S/C9H7BrCl2O/c1-2-7(13)8-6(11)4-3-5(10)9(8)12/h2-4,7,13H,1H2. The molecular weight excluding hydrogens is 275 g/mol. The zero-order chi connectivity index (χ0) is 10.0. The lowest BCUT2D eigenvalue weighted by atomic mass is 10.1. The molecule has 1 nitrogen and oxygen atoms in total. The predicted molar refractivity (Wildman–Crippen MR) is 59.3 cm³/mol. The van der Waals surface area contributed by atoms with E-state index in [1.807, 2.05) is 0 Å². The minimum atomic E-state index is -0.836. The number of benzene rings is 1. The van der Waals surface area contributed by atoms with E-state index < -0.39 is 6.10 Å². The molecule has 1 aromatic rings. The third kappa shape index (κ3) is 2.26. The van der Waals surface area contributed by atoms with Crippen LogP contribution >= 0.6 is 39.1 Å². The van der Waals surface area contributed by atoms with Crippen LogP contribution in [0.5, 0.6) is 0 Å². The second kappa shape index (κ2) is 4.47. The smallest absolute Gasteiger partial charge is 0.0998 e. The Morgan fingerprint density at radius 2 is 2.08 bits per heavy atom. The van der Waals surface area contributed by atoms with Gasteiger partial charge in [-0.25, -0.2) is 0 Å². The zero-order valence-electron chi connectivity index (χ0n) is 6.60. The van der Waals surface area contributed by atoms with Crippen LogP contribution in [-0.2, 0) is 0 Å². The van der Waals surface area contributed by atoms with Crippen LogP contribution in [0.1, 0.15) is 11.7 Å². The molecule has 0 aromatic heterocycles. The summed E-state index contributed by atoms with van der Waals surface area (Å²) in [6, 6.07) is 3.39. The number of aliphatic hydroxyl groups is 1. The van der Waals surface area contributed by atoms with Gasteiger partial charge in [-0.05, 0) is 28.1 Å². The molecule has 1 rings (SSSR count). The Labute approximate surface area is 95.1 Å². The molecule has 1 aromatic carbocycles. The van der Waals surface area contributed by atoms with E-state index in [4.69, 9.17) is 23.2 Å². The molecular formula is C9H7BrCl2O. The maximum absolute atomic E-state index is 9.51. The lowest BCUT2D eigenvalue weighted by molar-refractivity contribution is 0.229. The predicted octanol–water partition coefficient (Wildman–Crippen LogP) is 3.98. The SMILES string of the molecule is C=CC(O)c1c(Cl)ccc(Br)c1Cl. The summed E-state index contributed by atoms with van der Waals surface area (Å²) in [5.74, 6) is 0. The van der Waals surface area contributed by atoms with Gasteiger partial charge in [0.2, 0.25) is 0 Å². The summed E-state index contributed by atoms with van der Waals surface area (Å²) in [7, 11) is 0. The van der Waals surface area contributed by atoms with Crippen molar-refractivity contribution in [2.75, 3.05) is 0 Å². The summed E-state index contributed by atoms with van der Waals surface area (Å²) < 4.78 is 0.703. The highest BCUT2D eigenvalue weighted by Gasteiger charge is 2.14. The molecule has 13 heavy (non-hydrogen) atoms. The highest BCUT2D eigenvalue weighted by molar-refractivity contribution is 9.10. The molecule has 0 aliphatic rings. The van der Waals surface area contributed by atoms with E-state index in [-0.39, 0.29) is 0 Å². The number of rotatable bonds is 2. The van der Waals surface area contributed by atoms with Crippen molar-refractivity contribution in [3.8, 4) is 0 Å². The topological polar surface area (TPSA) is 20.2 Å². The van der Waals surface area contributed by atoms with Crippen molar-refractivity contribution in [1.29, 1.82) is 0 Å². The fraction of sp³-hybridized carbons (Fsp3) is 0.111. The molecule has 1 unspecified atom stereocenters. The molecule has 0 saturated heterocycles. The Morgan fingerprint density at radius 1 is 1.46 bits per heavy atom. The number of hydrogen-bond acceptors (Lipinski definition) is 1. The minimum absolute atomic E-state index is 0.417. The Morgan fingerprint density at radius 3 is 2.62 bits per heavy atom. The van der Waals surface area contributed by atoms with Gasteiger partial charge in [-0.3, -0.25) is 0 Å². The molecule has 0 amide bonds. The van der Waals surface area contributed by atoms with Crippen molar-refractivity contribution < 1.29 is 5.11 Å². The highest BCUT2D eigenvalue weighted by atomic mass is 79.9. The maximum Gasteiger partial charge on any atom is 0.0998 e. The van der Waals surface area contributed by atoms with Crippen molar-refractivity contribution in [1.82, 2.24) is 0 Å². The third-order valence-electron chi connectivity index (χ3n) is 1.60. The van der Waals surface area contributed by atoms with Crippen molar-refractivity contribution in [3.63, 3.8) is 0 Å². The fourth-order valence-electron chi connectivity index (χ4n) is 0.932. The summed E-state index contributed by atoms with van der Waals surface area (Å²) in [6.07, 6.45) is 0.539. The van der Waals surface area contributed by atoms with E-state index in [0.717, 1.165) is 0 Å². The van der Waals surface area contributed by atoms with Gasteiger partial charge in [-0.1, -0.05) is 29.3 Å². The molecule has 0 fully saturated rings. The number of aliphatic hydroxyl groups excluding tert-OH is 1. The molecule has 0 radical (unpaired) electrons. The van der Waals surface area contributed by atoms with Gasteiger partial charge in [0, 0.05) is 15.1 Å². The first-order chi connectivity index (χ1) is 6.07. The first-order valence-corrected chi connectivity index (χ1v) is 5.07. The van der Waals surface area contributed by atoms with Crippen molar-refractivity contribution in [2.24, 2.45) is 0 Å². The van der Waals surface area contributed by atoms with Crippen LogP contribution in [0, 0.1) is 0 Å². The molecule has 70 valence electrons. The van der Waals surface area contributed by atoms with E-state index in [2.05, 4.69) is 22.5 Å². The fourth-order valence-corrected chi connectivity index (χ4v) is 1.87. The normalized spacial score (nSPS) is 12.6. The second-order valence-corrected chi connectivity index (χ2v) is 4.08. The van der Waals surface area contributed by atoms with Crippen LogP contribution in [0.25, 0.3) is 0 Å². The quantitative estimate of drug-likeness (QED) is 0.642. The monoisotopic (exact) mass is 280 g/mol. The second-order valence-electron chi connectivity index (χ2n) is 2.44. The van der Waals surface area contributed by atoms with Gasteiger partial charge < -0.3 is 5.11 Å². The van der Waals surface area contributed by atoms with E-state index in [1.165, 1.54) is 6.08 Å². The molecule has 4 heteroatoms. The van der Waals surface area contributed by atoms with Gasteiger partial charge in [-0.2, -0.15) is 0 Å². The average molecular weight is 282 g/mol. The molecule has 1 N–H and O–H groups in total. The first kappa shape index (κ1) is 11.1. The molecule has 0 spiro atoms. The minimum Gasteiger partial charge on any atom is -0.384 e. The molecule has 0 heterocycles. The lowest BCUT2D eigenvalue weighted by Crippen LogP contribution is -1.95. The summed E-state index contributed by atoms with van der Waals surface area (Å²) in [6.45, 7) is 3.47. The van der Waals surface area contributed by atoms with Crippen LogP contribution in [0.4, 0.5) is 0 Å². The Hall–Kier alpha value is -0.0200. The molecule has 0 aliphatic carbocycles. The van der Waals surface area contributed by atoms with Crippen LogP contribution < -0.4 is 0 Å². The van der Waals surface area contributed by atoms with E-state index in [1.54, 1.807) is 12.1 Å². The van der Waals surface area contributed by atoms with Crippen molar-refractivity contribution in [3.05, 3.63) is 44.9 Å². The largest absolute Gasteiger partial charge is 0.384 e. The van der Waals surface area contributed by atoms with E-state index in [0.29, 0.717) is 20.1 Å². The molecule has 0 aliphatic heterocycles. The number of halogens is 3. The van der Waals surface area contributed by atoms with E-state index in [9.17, 15) is 5.11 Å². The summed E-state index contributed by atoms with van der Waals surface area (Å²) in [4.78, 5) is 0. The summed E-state index contributed by atoms with van der Waals surface area (Å²) in [5, 5.41) is 10.4.